The number of carbonyl (C=O) groups is 3. The number of benzene rings is 1. The van der Waals surface area contributed by atoms with Gasteiger partial charge in [0.2, 0.25) is 11.9 Å². The van der Waals surface area contributed by atoms with Crippen LogP contribution < -0.4 is 5.32 Å². The quantitative estimate of drug-likeness (QED) is 0.525. The maximum absolute atomic E-state index is 12.7. The number of hydrogen-bond donors (Lipinski definition) is 1. The van der Waals surface area contributed by atoms with Crippen LogP contribution in [0, 0.1) is 5.92 Å². The van der Waals surface area contributed by atoms with Crippen molar-refractivity contribution in [3.63, 3.8) is 0 Å². The van der Waals surface area contributed by atoms with Gasteiger partial charge in [0.05, 0.1) is 0 Å². The van der Waals surface area contributed by atoms with Crippen molar-refractivity contribution in [2.45, 2.75) is 65.1 Å². The van der Waals surface area contributed by atoms with E-state index >= 15 is 0 Å². The van der Waals surface area contributed by atoms with Gasteiger partial charge in [0.25, 0.3) is 0 Å². The van der Waals surface area contributed by atoms with Gasteiger partial charge in [-0.1, -0.05) is 49.4 Å². The van der Waals surface area contributed by atoms with Crippen LogP contribution >= 0.6 is 0 Å². The summed E-state index contributed by atoms with van der Waals surface area (Å²) in [6.45, 7) is -0.00925. The Balaban J connectivity index is 2.28. The van der Waals surface area contributed by atoms with Gasteiger partial charge < -0.3 is 14.4 Å². The van der Waals surface area contributed by atoms with Crippen LogP contribution in [0.15, 0.2) is 47.5 Å². The largest absolute Gasteiger partial charge is 0.461 e. The monoisotopic (exact) mass is 460 g/mol. The summed E-state index contributed by atoms with van der Waals surface area (Å²) in [6, 6.07) is 8.86. The van der Waals surface area contributed by atoms with E-state index in [9.17, 15) is 14.4 Å². The molecule has 1 aromatic carbocycles. The van der Waals surface area contributed by atoms with Crippen molar-refractivity contribution >= 4 is 23.9 Å². The number of likely N-dealkylation sites (N-methyl/N-ethyl adjacent to an activating group) is 1. The molecule has 2 rings (SSSR count). The molecule has 1 aliphatic rings. The number of aliphatic imine (C=N–C) groups is 1. The Kier molecular flexibility index (Phi) is 9.25. The van der Waals surface area contributed by atoms with Crippen LogP contribution in [0.5, 0.6) is 0 Å². The van der Waals surface area contributed by atoms with E-state index in [4.69, 9.17) is 13.6 Å². The van der Waals surface area contributed by atoms with E-state index in [-0.39, 0.29) is 18.9 Å². The molecule has 180 valence electrons. The molecule has 8 heteroatoms. The molecular formula is C25H35N3O5. The minimum atomic E-state index is -2.90. The first kappa shape index (κ1) is 21.7. The fourth-order valence-corrected chi connectivity index (χ4v) is 3.15. The van der Waals surface area contributed by atoms with Crippen molar-refractivity contribution in [1.29, 1.82) is 0 Å². The summed E-state index contributed by atoms with van der Waals surface area (Å²) >= 11 is 0. The van der Waals surface area contributed by atoms with Crippen LogP contribution in [-0.4, -0.2) is 48.5 Å². The highest BCUT2D eigenvalue weighted by molar-refractivity contribution is 6.01. The molecule has 1 aliphatic heterocycles. The average molecular weight is 461 g/mol. The number of nitrogens with one attached hydrogen (secondary N) is 1. The van der Waals surface area contributed by atoms with Crippen molar-refractivity contribution in [1.82, 2.24) is 10.2 Å². The highest BCUT2D eigenvalue weighted by Crippen LogP contribution is 2.16. The SMILES string of the molecule is [2H]C([2H])([2H])N1CC(=O)O[C@@H](C)[C@@H](C)CCC/C=C\CCCC(=O)N/C1=N/C(=O)OCc1ccccc1. The number of cyclic esters (lactones) is 1. The lowest BCUT2D eigenvalue weighted by atomic mass is 9.99. The summed E-state index contributed by atoms with van der Waals surface area (Å²) in [4.78, 5) is 41.9. The molecule has 0 saturated heterocycles. The third kappa shape index (κ3) is 10.3. The molecule has 0 saturated carbocycles. The molecule has 0 bridgehead atoms. The minimum absolute atomic E-state index is 0.0695. The van der Waals surface area contributed by atoms with Crippen molar-refractivity contribution in [3.05, 3.63) is 48.0 Å². The van der Waals surface area contributed by atoms with Crippen molar-refractivity contribution in [2.75, 3.05) is 13.5 Å². The number of allylic oxidation sites excluding steroid dienone is 2. The molecule has 0 spiro atoms. The summed E-state index contributed by atoms with van der Waals surface area (Å²) in [5, 5.41) is 2.38. The molecule has 0 unspecified atom stereocenters. The number of hydrogen-bond acceptors (Lipinski definition) is 5. The molecule has 0 aromatic heterocycles. The second kappa shape index (κ2) is 14.1. The highest BCUT2D eigenvalue weighted by Gasteiger charge is 2.21. The highest BCUT2D eigenvalue weighted by atomic mass is 16.5. The van der Waals surface area contributed by atoms with E-state index in [1.54, 1.807) is 31.2 Å². The Hall–Kier alpha value is -3.16. The number of nitrogens with zero attached hydrogens (tertiary/aromatic N) is 2. The van der Waals surface area contributed by atoms with Gasteiger partial charge in [-0.15, -0.1) is 4.99 Å². The van der Waals surface area contributed by atoms with Gasteiger partial charge in [-0.25, -0.2) is 4.79 Å². The third-order valence-electron chi connectivity index (χ3n) is 5.29. The number of esters is 1. The van der Waals surface area contributed by atoms with Gasteiger partial charge in [-0.05, 0) is 50.5 Å². The van der Waals surface area contributed by atoms with Crippen molar-refractivity contribution in [3.8, 4) is 0 Å². The first-order chi connectivity index (χ1) is 17.1. The maximum atomic E-state index is 12.7. The summed E-state index contributed by atoms with van der Waals surface area (Å²) < 4.78 is 34.3. The molecule has 1 aromatic rings. The topological polar surface area (TPSA) is 97.3 Å². The molecule has 8 nitrogen and oxygen atoms in total. The van der Waals surface area contributed by atoms with Gasteiger partial charge in [-0.2, -0.15) is 0 Å². The molecular weight excluding hydrogens is 422 g/mol. The van der Waals surface area contributed by atoms with Crippen LogP contribution in [0.4, 0.5) is 4.79 Å². The van der Waals surface area contributed by atoms with Crippen LogP contribution in [0.1, 0.15) is 62.0 Å². The molecule has 0 fully saturated rings. The normalized spacial score (nSPS) is 25.6. The summed E-state index contributed by atoms with van der Waals surface area (Å²) in [7, 11) is 0. The van der Waals surface area contributed by atoms with E-state index in [0.29, 0.717) is 23.3 Å². The standard InChI is InChI=1S/C25H35N3O5/c1-19-13-9-6-4-5-7-12-16-22(29)26-24(28(3)17-23(30)33-20(19)2)27-25(31)32-18-21-14-10-8-11-15-21/h4-5,8,10-11,14-15,19-20H,6-7,9,12-13,16-18H2,1-3H3,(H,26,27,29,31)/b5-4-/t19-,20-/m0/s1/i3D3. The zero-order valence-electron chi connectivity index (χ0n) is 22.3. The van der Waals surface area contributed by atoms with E-state index in [2.05, 4.69) is 16.4 Å². The average Bonchev–Trinajstić information content (AvgIpc) is 2.81. The Morgan fingerprint density at radius 2 is 1.94 bits per heavy atom. The summed E-state index contributed by atoms with van der Waals surface area (Å²) in [5.74, 6) is -1.86. The maximum Gasteiger partial charge on any atom is 0.437 e. The van der Waals surface area contributed by atoms with Gasteiger partial charge in [-0.3, -0.25) is 14.9 Å². The minimum Gasteiger partial charge on any atom is -0.461 e. The second-order valence-corrected chi connectivity index (χ2v) is 8.08. The lowest BCUT2D eigenvalue weighted by molar-refractivity contribution is -0.150. The van der Waals surface area contributed by atoms with Crippen LogP contribution in [0.2, 0.25) is 0 Å². The molecule has 0 aliphatic carbocycles. The van der Waals surface area contributed by atoms with Gasteiger partial charge in [0.1, 0.15) is 19.3 Å². The Bertz CT molecular complexity index is 935. The molecule has 1 N–H and O–H groups in total. The zero-order chi connectivity index (χ0) is 26.6. The van der Waals surface area contributed by atoms with Gasteiger partial charge in [0, 0.05) is 17.5 Å². The third-order valence-corrected chi connectivity index (χ3v) is 5.29. The van der Waals surface area contributed by atoms with E-state index in [1.165, 1.54) is 0 Å². The molecule has 33 heavy (non-hydrogen) atoms. The zero-order valence-corrected chi connectivity index (χ0v) is 19.3. The van der Waals surface area contributed by atoms with Crippen LogP contribution in [-0.2, 0) is 25.7 Å². The van der Waals surface area contributed by atoms with E-state index in [1.807, 2.05) is 19.1 Å². The van der Waals surface area contributed by atoms with Crippen molar-refractivity contribution in [2.24, 2.45) is 10.9 Å². The van der Waals surface area contributed by atoms with E-state index < -0.39 is 43.6 Å². The number of guanidine groups is 1. The van der Waals surface area contributed by atoms with Gasteiger partial charge >= 0.3 is 12.1 Å². The van der Waals surface area contributed by atoms with Crippen LogP contribution in [0.25, 0.3) is 0 Å². The number of rotatable bonds is 2. The Labute approximate surface area is 200 Å². The lowest BCUT2D eigenvalue weighted by Gasteiger charge is -2.24. The predicted molar refractivity (Wildman–Crippen MR) is 126 cm³/mol. The number of carbonyl (C=O) groups excluding carboxylic acids is 3. The summed E-state index contributed by atoms with van der Waals surface area (Å²) in [5.41, 5.74) is 0.705. The molecule has 2 atom stereocenters. The fraction of sp³-hybridized carbons (Fsp3) is 0.520. The summed E-state index contributed by atoms with van der Waals surface area (Å²) in [6.07, 6.45) is 6.43. The molecule has 0 radical (unpaired) electrons. The fourth-order valence-electron chi connectivity index (χ4n) is 3.15. The first-order valence-electron chi connectivity index (χ1n) is 12.8. The van der Waals surface area contributed by atoms with Crippen LogP contribution in [0.3, 0.4) is 0 Å². The van der Waals surface area contributed by atoms with Crippen molar-refractivity contribution < 1.29 is 28.0 Å². The molecule has 1 heterocycles. The van der Waals surface area contributed by atoms with E-state index in [0.717, 1.165) is 19.3 Å². The smallest absolute Gasteiger partial charge is 0.437 e. The Morgan fingerprint density at radius 1 is 1.21 bits per heavy atom. The number of ether oxygens (including phenoxy) is 2. The second-order valence-electron chi connectivity index (χ2n) is 8.08. The first-order valence-corrected chi connectivity index (χ1v) is 11.3. The van der Waals surface area contributed by atoms with Gasteiger partial charge in [0.15, 0.2) is 0 Å². The molecule has 2 amide bonds. The predicted octanol–water partition coefficient (Wildman–Crippen LogP) is 4.21. The number of amides is 2. The lowest BCUT2D eigenvalue weighted by Crippen LogP contribution is -2.45. The Morgan fingerprint density at radius 3 is 2.67 bits per heavy atom.